The normalized spacial score (nSPS) is 11.3. The monoisotopic (exact) mass is 233 g/mol. The number of anilines is 1. The number of carboxylic acid groups (broad SMARTS) is 1. The molecule has 0 aromatic carbocycles. The summed E-state index contributed by atoms with van der Waals surface area (Å²) in [5, 5.41) is 12.3. The van der Waals surface area contributed by atoms with Crippen molar-refractivity contribution in [2.75, 3.05) is 10.5 Å². The number of carbonyl (C=O) groups is 1. The molecule has 8 heteroatoms. The number of nitrogens with one attached hydrogen (secondary N) is 1. The van der Waals surface area contributed by atoms with Gasteiger partial charge in [0.2, 0.25) is 10.0 Å². The van der Waals surface area contributed by atoms with Crippen LogP contribution in [0, 0.1) is 6.92 Å². The highest BCUT2D eigenvalue weighted by molar-refractivity contribution is 7.93. The number of rotatable bonds is 4. The van der Waals surface area contributed by atoms with E-state index in [9.17, 15) is 13.2 Å². The second kappa shape index (κ2) is 3.89. The minimum atomic E-state index is -3.85. The van der Waals surface area contributed by atoms with Gasteiger partial charge in [0.15, 0.2) is 5.75 Å². The van der Waals surface area contributed by atoms with E-state index in [4.69, 9.17) is 5.11 Å². The molecule has 15 heavy (non-hydrogen) atoms. The third kappa shape index (κ3) is 3.24. The molecule has 0 aliphatic rings. The van der Waals surface area contributed by atoms with Gasteiger partial charge in [-0.1, -0.05) is 0 Å². The van der Waals surface area contributed by atoms with Crippen LogP contribution in [0.1, 0.15) is 5.69 Å². The number of carboxylic acids is 1. The highest BCUT2D eigenvalue weighted by Gasteiger charge is 2.17. The topological polar surface area (TPSA) is 101 Å². The van der Waals surface area contributed by atoms with Crippen LogP contribution in [-0.4, -0.2) is 35.0 Å². The Morgan fingerprint density at radius 3 is 2.67 bits per heavy atom. The Kier molecular flexibility index (Phi) is 2.98. The van der Waals surface area contributed by atoms with Crippen molar-refractivity contribution in [3.05, 3.63) is 11.9 Å². The summed E-state index contributed by atoms with van der Waals surface area (Å²) in [5.41, 5.74) is 0.783. The molecule has 0 spiro atoms. The minimum absolute atomic E-state index is 0.291. The lowest BCUT2D eigenvalue weighted by Crippen LogP contribution is -2.22. The maximum atomic E-state index is 11.2. The summed E-state index contributed by atoms with van der Waals surface area (Å²) in [4.78, 5) is 10.3. The molecule has 1 heterocycles. The van der Waals surface area contributed by atoms with E-state index in [0.717, 1.165) is 0 Å². The second-order valence-corrected chi connectivity index (χ2v) is 4.78. The zero-order valence-corrected chi connectivity index (χ0v) is 9.08. The molecule has 1 rings (SSSR count). The van der Waals surface area contributed by atoms with E-state index in [1.54, 1.807) is 14.0 Å². The smallest absolute Gasteiger partial charge is 0.320 e. The lowest BCUT2D eigenvalue weighted by atomic mass is 10.4. The van der Waals surface area contributed by atoms with Crippen LogP contribution in [0.4, 0.5) is 5.69 Å². The first kappa shape index (κ1) is 11.5. The van der Waals surface area contributed by atoms with Crippen molar-refractivity contribution in [3.63, 3.8) is 0 Å². The van der Waals surface area contributed by atoms with Gasteiger partial charge in [-0.05, 0) is 6.92 Å². The fourth-order valence-electron chi connectivity index (χ4n) is 1.07. The molecule has 0 saturated heterocycles. The Morgan fingerprint density at radius 1 is 1.67 bits per heavy atom. The Bertz CT molecular complexity index is 476. The van der Waals surface area contributed by atoms with Crippen LogP contribution >= 0.6 is 0 Å². The van der Waals surface area contributed by atoms with Crippen LogP contribution in [0.3, 0.4) is 0 Å². The molecule has 0 aliphatic carbocycles. The molecular weight excluding hydrogens is 222 g/mol. The van der Waals surface area contributed by atoms with Crippen LogP contribution in [-0.2, 0) is 21.9 Å². The SMILES string of the molecule is Cc1nn(C)cc1NS(=O)(=O)CC(=O)O. The number of nitrogens with zero attached hydrogens (tertiary/aromatic N) is 2. The highest BCUT2D eigenvalue weighted by atomic mass is 32.2. The van der Waals surface area contributed by atoms with E-state index in [2.05, 4.69) is 9.82 Å². The first-order chi connectivity index (χ1) is 6.80. The summed E-state index contributed by atoms with van der Waals surface area (Å²) >= 11 is 0. The molecular formula is C7H11N3O4S. The summed E-state index contributed by atoms with van der Waals surface area (Å²) in [6.45, 7) is 1.62. The van der Waals surface area contributed by atoms with Gasteiger partial charge >= 0.3 is 5.97 Å². The Morgan fingerprint density at radius 2 is 2.27 bits per heavy atom. The van der Waals surface area contributed by atoms with Crippen molar-refractivity contribution >= 4 is 21.7 Å². The summed E-state index contributed by atoms with van der Waals surface area (Å²) < 4.78 is 26.1. The molecule has 0 amide bonds. The number of hydrogen-bond acceptors (Lipinski definition) is 4. The van der Waals surface area contributed by atoms with Gasteiger partial charge in [-0.2, -0.15) is 5.10 Å². The third-order valence-electron chi connectivity index (χ3n) is 1.59. The van der Waals surface area contributed by atoms with Gasteiger partial charge < -0.3 is 5.11 Å². The maximum Gasteiger partial charge on any atom is 0.320 e. The number of aliphatic carboxylic acids is 1. The van der Waals surface area contributed by atoms with Gasteiger partial charge in [0.25, 0.3) is 0 Å². The quantitative estimate of drug-likeness (QED) is 0.733. The van der Waals surface area contributed by atoms with Crippen molar-refractivity contribution in [1.29, 1.82) is 0 Å². The lowest BCUT2D eigenvalue weighted by molar-refractivity contribution is -0.134. The molecule has 0 bridgehead atoms. The van der Waals surface area contributed by atoms with Crippen molar-refractivity contribution < 1.29 is 18.3 Å². The number of aromatic nitrogens is 2. The van der Waals surface area contributed by atoms with E-state index in [0.29, 0.717) is 11.4 Å². The van der Waals surface area contributed by atoms with Crippen molar-refractivity contribution in [3.8, 4) is 0 Å². The average Bonchev–Trinajstić information content (AvgIpc) is 2.25. The van der Waals surface area contributed by atoms with Crippen LogP contribution in [0.25, 0.3) is 0 Å². The van der Waals surface area contributed by atoms with Crippen molar-refractivity contribution in [2.24, 2.45) is 7.05 Å². The van der Waals surface area contributed by atoms with Crippen LogP contribution in [0.15, 0.2) is 6.20 Å². The van der Waals surface area contributed by atoms with E-state index >= 15 is 0 Å². The number of aryl methyl sites for hydroxylation is 2. The van der Waals surface area contributed by atoms with Gasteiger partial charge in [-0.3, -0.25) is 14.2 Å². The predicted octanol–water partition coefficient (Wildman–Crippen LogP) is -0.445. The number of hydrogen-bond donors (Lipinski definition) is 2. The predicted molar refractivity (Wildman–Crippen MR) is 53.0 cm³/mol. The van der Waals surface area contributed by atoms with E-state index in [1.165, 1.54) is 10.9 Å². The van der Waals surface area contributed by atoms with E-state index in [1.807, 2.05) is 0 Å². The zero-order valence-electron chi connectivity index (χ0n) is 8.26. The average molecular weight is 233 g/mol. The van der Waals surface area contributed by atoms with Crippen LogP contribution in [0.2, 0.25) is 0 Å². The van der Waals surface area contributed by atoms with Crippen molar-refractivity contribution in [1.82, 2.24) is 9.78 Å². The molecule has 0 fully saturated rings. The summed E-state index contributed by atoms with van der Waals surface area (Å²) in [7, 11) is -2.21. The second-order valence-electron chi connectivity index (χ2n) is 3.06. The lowest BCUT2D eigenvalue weighted by Gasteiger charge is -2.03. The first-order valence-electron chi connectivity index (χ1n) is 4.03. The molecule has 0 aliphatic heterocycles. The molecule has 0 radical (unpaired) electrons. The standard InChI is InChI=1S/C7H11N3O4S/c1-5-6(3-10(2)8-5)9-15(13,14)4-7(11)12/h3,9H,4H2,1-2H3,(H,11,12). The molecule has 1 aromatic heterocycles. The molecule has 0 unspecified atom stereocenters. The molecule has 84 valence electrons. The Hall–Kier alpha value is -1.57. The Balaban J connectivity index is 2.86. The fourth-order valence-corrected chi connectivity index (χ4v) is 2.00. The number of sulfonamides is 1. The third-order valence-corrected chi connectivity index (χ3v) is 2.75. The summed E-state index contributed by atoms with van der Waals surface area (Å²) in [6.07, 6.45) is 1.47. The largest absolute Gasteiger partial charge is 0.480 e. The Labute approximate surface area is 86.8 Å². The van der Waals surface area contributed by atoms with Crippen molar-refractivity contribution in [2.45, 2.75) is 6.92 Å². The fraction of sp³-hybridized carbons (Fsp3) is 0.429. The van der Waals surface area contributed by atoms with Gasteiger partial charge in [0.1, 0.15) is 0 Å². The highest BCUT2D eigenvalue weighted by Crippen LogP contribution is 2.13. The van der Waals surface area contributed by atoms with Crippen LogP contribution in [0.5, 0.6) is 0 Å². The van der Waals surface area contributed by atoms with Gasteiger partial charge in [0.05, 0.1) is 11.4 Å². The van der Waals surface area contributed by atoms with E-state index < -0.39 is 21.7 Å². The van der Waals surface area contributed by atoms with Gasteiger partial charge in [-0.15, -0.1) is 0 Å². The first-order valence-corrected chi connectivity index (χ1v) is 5.68. The summed E-state index contributed by atoms with van der Waals surface area (Å²) in [6, 6.07) is 0. The maximum absolute atomic E-state index is 11.2. The summed E-state index contributed by atoms with van der Waals surface area (Å²) in [5.74, 6) is -2.36. The van der Waals surface area contributed by atoms with Gasteiger partial charge in [-0.25, -0.2) is 8.42 Å². The minimum Gasteiger partial charge on any atom is -0.480 e. The zero-order chi connectivity index (χ0) is 11.6. The molecule has 1 aromatic rings. The molecule has 0 atom stereocenters. The van der Waals surface area contributed by atoms with Gasteiger partial charge in [0, 0.05) is 13.2 Å². The molecule has 0 saturated carbocycles. The molecule has 7 nitrogen and oxygen atoms in total. The molecule has 2 N–H and O–H groups in total. The van der Waals surface area contributed by atoms with Crippen LogP contribution < -0.4 is 4.72 Å². The van der Waals surface area contributed by atoms with E-state index in [-0.39, 0.29) is 0 Å².